The first-order chi connectivity index (χ1) is 21.4. The van der Waals surface area contributed by atoms with Crippen molar-refractivity contribution in [1.82, 2.24) is 0 Å². The maximum atomic E-state index is 14.3. The highest BCUT2D eigenvalue weighted by molar-refractivity contribution is 5.84. The molecule has 0 aromatic heterocycles. The largest absolute Gasteiger partial charge is 0.468 e. The van der Waals surface area contributed by atoms with E-state index >= 15 is 0 Å². The van der Waals surface area contributed by atoms with Crippen LogP contribution >= 0.6 is 0 Å². The molecule has 1 fully saturated rings. The lowest BCUT2D eigenvalue weighted by molar-refractivity contribution is -0.307. The molecule has 44 heavy (non-hydrogen) atoms. The summed E-state index contributed by atoms with van der Waals surface area (Å²) in [5, 5.41) is 0. The summed E-state index contributed by atoms with van der Waals surface area (Å²) in [4.78, 5) is 3.78. The maximum absolute atomic E-state index is 14.3. The highest BCUT2D eigenvalue weighted by atomic mass is 19.4. The Morgan fingerprint density at radius 2 is 1.02 bits per heavy atom. The molecule has 0 unspecified atom stereocenters. The van der Waals surface area contributed by atoms with Crippen molar-refractivity contribution in [3.05, 3.63) is 138 Å². The van der Waals surface area contributed by atoms with Gasteiger partial charge in [0.15, 0.2) is 0 Å². The highest BCUT2D eigenvalue weighted by Gasteiger charge is 2.51. The molecule has 0 radical (unpaired) electrons. The second-order valence-corrected chi connectivity index (χ2v) is 10.4. The van der Waals surface area contributed by atoms with Crippen LogP contribution in [0, 0.1) is 0 Å². The molecular formula is C35H34F3NO5. The summed E-state index contributed by atoms with van der Waals surface area (Å²) < 4.78 is 73.6. The van der Waals surface area contributed by atoms with Gasteiger partial charge in [-0.3, -0.25) is 0 Å². The van der Waals surface area contributed by atoms with E-state index < -0.39 is 42.8 Å². The van der Waals surface area contributed by atoms with E-state index in [4.69, 9.17) is 23.7 Å². The minimum Gasteiger partial charge on any atom is -0.441 e. The molecule has 5 atom stereocenters. The highest BCUT2D eigenvalue weighted by Crippen LogP contribution is 2.33. The first kappa shape index (κ1) is 31.4. The molecule has 0 N–H and O–H groups in total. The van der Waals surface area contributed by atoms with Crippen molar-refractivity contribution in [2.24, 2.45) is 4.99 Å². The maximum Gasteiger partial charge on any atom is 0.468 e. The summed E-state index contributed by atoms with van der Waals surface area (Å²) in [6.07, 6.45) is -9.78. The number of benzene rings is 4. The number of ether oxygens (including phenoxy) is 5. The van der Waals surface area contributed by atoms with Crippen LogP contribution in [-0.2, 0) is 43.5 Å². The van der Waals surface area contributed by atoms with Gasteiger partial charge in [0.2, 0.25) is 6.29 Å². The number of hydrogen-bond donors (Lipinski definition) is 0. The zero-order valence-electron chi connectivity index (χ0n) is 24.2. The van der Waals surface area contributed by atoms with Crippen molar-refractivity contribution in [3.8, 4) is 0 Å². The third kappa shape index (κ3) is 8.76. The van der Waals surface area contributed by atoms with Crippen LogP contribution < -0.4 is 0 Å². The number of nitrogens with zero attached hydrogens (tertiary/aromatic N) is 1. The van der Waals surface area contributed by atoms with E-state index in [1.54, 1.807) is 25.1 Å². The summed E-state index contributed by atoms with van der Waals surface area (Å²) in [5.74, 6) is -1.44. The van der Waals surface area contributed by atoms with Crippen LogP contribution in [0.3, 0.4) is 0 Å². The van der Waals surface area contributed by atoms with Crippen LogP contribution in [0.1, 0.15) is 23.6 Å². The molecule has 0 spiro atoms. The van der Waals surface area contributed by atoms with Crippen molar-refractivity contribution in [2.45, 2.75) is 63.6 Å². The molecule has 6 nitrogen and oxygen atoms in total. The number of alkyl halides is 3. The Hall–Kier alpha value is -4.02. The molecule has 1 heterocycles. The average Bonchev–Trinajstić information content (AvgIpc) is 3.04. The Morgan fingerprint density at radius 1 is 0.614 bits per heavy atom. The van der Waals surface area contributed by atoms with Crippen molar-refractivity contribution in [2.75, 3.05) is 0 Å². The van der Waals surface area contributed by atoms with Crippen molar-refractivity contribution < 1.29 is 36.9 Å². The molecule has 0 aliphatic carbocycles. The second-order valence-electron chi connectivity index (χ2n) is 10.4. The molecule has 1 aliphatic rings. The first-order valence-electron chi connectivity index (χ1n) is 14.4. The third-order valence-electron chi connectivity index (χ3n) is 7.04. The number of para-hydroxylation sites is 1. The fraction of sp³-hybridized carbons (Fsp3) is 0.286. The first-order valence-corrected chi connectivity index (χ1v) is 14.4. The minimum atomic E-state index is -4.90. The van der Waals surface area contributed by atoms with Gasteiger partial charge in [0.25, 0.3) is 5.90 Å². The van der Waals surface area contributed by atoms with Gasteiger partial charge in [-0.25, -0.2) is 4.99 Å². The van der Waals surface area contributed by atoms with E-state index in [9.17, 15) is 13.2 Å². The Morgan fingerprint density at radius 3 is 1.48 bits per heavy atom. The lowest BCUT2D eigenvalue weighted by Gasteiger charge is -2.45. The normalized spacial score (nSPS) is 22.5. The predicted molar refractivity (Wildman–Crippen MR) is 160 cm³/mol. The molecule has 0 amide bonds. The van der Waals surface area contributed by atoms with Gasteiger partial charge in [0, 0.05) is 0 Å². The Kier molecular flexibility index (Phi) is 10.8. The van der Waals surface area contributed by atoms with Gasteiger partial charge in [0.1, 0.15) is 18.3 Å². The summed E-state index contributed by atoms with van der Waals surface area (Å²) in [7, 11) is 0. The van der Waals surface area contributed by atoms with Crippen LogP contribution in [0.2, 0.25) is 0 Å². The van der Waals surface area contributed by atoms with Crippen LogP contribution in [0.25, 0.3) is 0 Å². The van der Waals surface area contributed by atoms with Crippen LogP contribution in [0.15, 0.2) is 126 Å². The number of halogens is 3. The lowest BCUT2D eigenvalue weighted by Crippen LogP contribution is -2.60. The summed E-state index contributed by atoms with van der Waals surface area (Å²) in [6, 6.07) is 36.2. The SMILES string of the molecule is C[C@@H]1O[C@@H](OC(=Nc2ccccc2)C(F)(F)F)[C@@H](OCc2ccccc2)[C@H](OCc2ccccc2)[C@@H]1OCc1ccccc1. The third-order valence-corrected chi connectivity index (χ3v) is 7.04. The number of hydrogen-bond acceptors (Lipinski definition) is 6. The molecule has 9 heteroatoms. The zero-order chi connectivity index (χ0) is 30.8. The minimum absolute atomic E-state index is 0.0802. The van der Waals surface area contributed by atoms with Crippen LogP contribution in [0.5, 0.6) is 0 Å². The molecule has 1 aliphatic heterocycles. The predicted octanol–water partition coefficient (Wildman–Crippen LogP) is 7.80. The van der Waals surface area contributed by atoms with Crippen LogP contribution in [0.4, 0.5) is 18.9 Å². The van der Waals surface area contributed by atoms with E-state index in [0.29, 0.717) is 0 Å². The van der Waals surface area contributed by atoms with Gasteiger partial charge in [-0.1, -0.05) is 109 Å². The average molecular weight is 606 g/mol. The molecular weight excluding hydrogens is 571 g/mol. The van der Waals surface area contributed by atoms with Crippen molar-refractivity contribution in [1.29, 1.82) is 0 Å². The van der Waals surface area contributed by atoms with E-state index in [0.717, 1.165) is 16.7 Å². The zero-order valence-corrected chi connectivity index (χ0v) is 24.2. The van der Waals surface area contributed by atoms with Gasteiger partial charge in [-0.05, 0) is 35.7 Å². The summed E-state index contributed by atoms with van der Waals surface area (Å²) in [5.41, 5.74) is 2.72. The Balaban J connectivity index is 1.47. The molecule has 230 valence electrons. The van der Waals surface area contributed by atoms with Gasteiger partial charge in [0.05, 0.1) is 31.6 Å². The Bertz CT molecular complexity index is 1440. The van der Waals surface area contributed by atoms with Crippen molar-refractivity contribution in [3.63, 3.8) is 0 Å². The van der Waals surface area contributed by atoms with E-state index in [1.807, 2.05) is 91.0 Å². The van der Waals surface area contributed by atoms with Crippen molar-refractivity contribution >= 4 is 11.6 Å². The smallest absolute Gasteiger partial charge is 0.441 e. The van der Waals surface area contributed by atoms with Gasteiger partial charge in [-0.15, -0.1) is 0 Å². The molecule has 0 saturated carbocycles. The van der Waals surface area contributed by atoms with Gasteiger partial charge < -0.3 is 23.7 Å². The number of rotatable bonds is 11. The summed E-state index contributed by atoms with van der Waals surface area (Å²) >= 11 is 0. The van der Waals surface area contributed by atoms with E-state index in [1.165, 1.54) is 12.1 Å². The molecule has 4 aromatic carbocycles. The Labute approximate surface area is 255 Å². The lowest BCUT2D eigenvalue weighted by atomic mass is 9.98. The monoisotopic (exact) mass is 605 g/mol. The van der Waals surface area contributed by atoms with Crippen LogP contribution in [-0.4, -0.2) is 42.8 Å². The standard InChI is InChI=1S/C35H34F3NO5/c1-25-30(40-22-26-14-6-2-7-15-26)31(41-23-27-16-8-3-9-17-27)32(42-24-28-18-10-4-11-19-28)33(43-25)44-34(35(36,37)38)39-29-20-12-5-13-21-29/h2-21,25,30-33H,22-24H2,1H3/t25-,30+,31+,32-,33-/m0/s1. The van der Waals surface area contributed by atoms with Gasteiger partial charge in [-0.2, -0.15) is 13.2 Å². The quantitative estimate of drug-likeness (QED) is 0.129. The molecule has 4 aromatic rings. The van der Waals surface area contributed by atoms with E-state index in [-0.39, 0.29) is 25.5 Å². The van der Waals surface area contributed by atoms with Gasteiger partial charge >= 0.3 is 6.18 Å². The number of aliphatic imine (C=N–C) groups is 1. The summed E-state index contributed by atoms with van der Waals surface area (Å²) in [6.45, 7) is 2.22. The molecule has 5 rings (SSSR count). The molecule has 1 saturated heterocycles. The second kappa shape index (κ2) is 15.1. The molecule has 0 bridgehead atoms. The van der Waals surface area contributed by atoms with E-state index in [2.05, 4.69) is 4.99 Å². The fourth-order valence-corrected chi connectivity index (χ4v) is 4.85. The fourth-order valence-electron chi connectivity index (χ4n) is 4.85. The topological polar surface area (TPSA) is 58.5 Å².